The summed E-state index contributed by atoms with van der Waals surface area (Å²) < 4.78 is 17.4. The average molecular weight is 436 g/mol. The van der Waals surface area contributed by atoms with E-state index in [1.165, 1.54) is 0 Å². The van der Waals surface area contributed by atoms with Crippen molar-refractivity contribution in [2.24, 2.45) is 7.05 Å². The van der Waals surface area contributed by atoms with Gasteiger partial charge >= 0.3 is 0 Å². The van der Waals surface area contributed by atoms with E-state index in [0.717, 1.165) is 5.69 Å². The maximum atomic E-state index is 12.8. The predicted octanol–water partition coefficient (Wildman–Crippen LogP) is 2.05. The Morgan fingerprint density at radius 3 is 2.76 bits per heavy atom. The van der Waals surface area contributed by atoms with Gasteiger partial charge in [0.05, 0.1) is 24.4 Å². The van der Waals surface area contributed by atoms with E-state index in [2.05, 4.69) is 15.1 Å². The van der Waals surface area contributed by atoms with Gasteiger partial charge in [0.15, 0.2) is 10.2 Å². The van der Waals surface area contributed by atoms with Crippen LogP contribution in [-0.4, -0.2) is 58.9 Å². The Morgan fingerprint density at radius 2 is 2.14 bits per heavy atom. The summed E-state index contributed by atoms with van der Waals surface area (Å²) in [5, 5.41) is 4.96. The summed E-state index contributed by atoms with van der Waals surface area (Å²) in [6.07, 6.45) is 8.50. The molecule has 0 aliphatic rings. The van der Waals surface area contributed by atoms with Crippen molar-refractivity contribution >= 4 is 34.2 Å². The number of carbonyl (C=O) groups excluding carboxylic acids is 1. The van der Waals surface area contributed by atoms with Crippen molar-refractivity contribution in [2.75, 3.05) is 25.0 Å². The third-order valence-corrected chi connectivity index (χ3v) is 5.84. The normalized spacial score (nSPS) is 12.3. The summed E-state index contributed by atoms with van der Waals surface area (Å²) in [4.78, 5) is 22.5. The highest BCUT2D eigenvalue weighted by molar-refractivity contribution is 7.82. The summed E-state index contributed by atoms with van der Waals surface area (Å²) in [5.41, 5.74) is 1.27. The number of anilines is 1. The highest BCUT2D eigenvalue weighted by Crippen LogP contribution is 2.26. The molecule has 3 aromatic heterocycles. The lowest BCUT2D eigenvalue weighted by atomic mass is 10.3. The highest BCUT2D eigenvalue weighted by Gasteiger charge is 2.22. The Morgan fingerprint density at radius 1 is 1.34 bits per heavy atom. The Hall–Kier alpha value is -2.56. The second kappa shape index (κ2) is 9.29. The Labute approximate surface area is 176 Å². The molecule has 0 aromatic carbocycles. The molecule has 0 bridgehead atoms. The minimum Gasteiger partial charge on any atom is -0.339 e. The number of hydrogen-bond donors (Lipinski definition) is 0. The molecule has 1 atom stereocenters. The molecule has 9 nitrogen and oxygen atoms in total. The summed E-state index contributed by atoms with van der Waals surface area (Å²) in [6.45, 7) is 2.61. The van der Waals surface area contributed by atoms with Crippen LogP contribution in [0.3, 0.4) is 0 Å². The van der Waals surface area contributed by atoms with Gasteiger partial charge in [0.2, 0.25) is 5.91 Å². The zero-order valence-corrected chi connectivity index (χ0v) is 18.0. The third-order valence-electron chi connectivity index (χ3n) is 4.25. The van der Waals surface area contributed by atoms with Crippen LogP contribution in [0.4, 0.5) is 5.69 Å². The fourth-order valence-electron chi connectivity index (χ4n) is 2.74. The molecule has 0 saturated heterocycles. The number of halogens is 1. The van der Waals surface area contributed by atoms with Crippen LogP contribution in [-0.2, 0) is 22.8 Å². The third kappa shape index (κ3) is 4.89. The number of hydrogen-bond acceptors (Lipinski definition) is 5. The molecule has 0 aliphatic carbocycles. The molecule has 3 rings (SSSR count). The Balaban J connectivity index is 1.68. The molecule has 3 aromatic rings. The average Bonchev–Trinajstić information content (AvgIpc) is 3.33. The van der Waals surface area contributed by atoms with E-state index in [-0.39, 0.29) is 17.5 Å². The highest BCUT2D eigenvalue weighted by atomic mass is 35.5. The van der Waals surface area contributed by atoms with Crippen molar-refractivity contribution in [1.29, 1.82) is 0 Å². The van der Waals surface area contributed by atoms with Crippen molar-refractivity contribution in [2.45, 2.75) is 18.4 Å². The lowest BCUT2D eigenvalue weighted by molar-refractivity contribution is -0.118. The maximum absolute atomic E-state index is 12.8. The number of aromatic nitrogens is 5. The van der Waals surface area contributed by atoms with Gasteiger partial charge in [0, 0.05) is 46.0 Å². The van der Waals surface area contributed by atoms with Gasteiger partial charge in [-0.25, -0.2) is 18.2 Å². The van der Waals surface area contributed by atoms with Crippen LogP contribution >= 0.6 is 11.6 Å². The molecule has 11 heteroatoms. The van der Waals surface area contributed by atoms with Crippen molar-refractivity contribution in [3.8, 4) is 5.69 Å². The molecule has 0 saturated carbocycles. The molecule has 0 aliphatic heterocycles. The number of carbonyl (C=O) groups is 1. The molecule has 0 fully saturated rings. The molecule has 3 heterocycles. The number of nitrogens with zero attached hydrogens (tertiary/aromatic N) is 7. The first kappa shape index (κ1) is 21.2. The van der Waals surface area contributed by atoms with Gasteiger partial charge in [0.25, 0.3) is 0 Å². The van der Waals surface area contributed by atoms with Gasteiger partial charge in [-0.05, 0) is 19.1 Å². The lowest BCUT2D eigenvalue weighted by Gasteiger charge is -2.21. The van der Waals surface area contributed by atoms with Crippen LogP contribution in [0.25, 0.3) is 5.69 Å². The largest absolute Gasteiger partial charge is 0.339 e. The Kier molecular flexibility index (Phi) is 6.78. The number of pyridine rings is 1. The predicted molar refractivity (Wildman–Crippen MR) is 111 cm³/mol. The summed E-state index contributed by atoms with van der Waals surface area (Å²) in [5.74, 6) is -0.134. The Bertz CT molecular complexity index is 1000. The first-order valence-corrected chi connectivity index (χ1v) is 10.5. The summed E-state index contributed by atoms with van der Waals surface area (Å²) in [7, 11) is 2.08. The van der Waals surface area contributed by atoms with Crippen LogP contribution in [0.5, 0.6) is 0 Å². The first-order chi connectivity index (χ1) is 13.9. The number of amides is 1. The van der Waals surface area contributed by atoms with Crippen LogP contribution in [0.15, 0.2) is 48.3 Å². The van der Waals surface area contributed by atoms with E-state index in [1.54, 1.807) is 62.7 Å². The lowest BCUT2D eigenvalue weighted by Crippen LogP contribution is -2.34. The van der Waals surface area contributed by atoms with E-state index in [4.69, 9.17) is 11.6 Å². The van der Waals surface area contributed by atoms with Gasteiger partial charge in [-0.1, -0.05) is 11.6 Å². The van der Waals surface area contributed by atoms with Crippen molar-refractivity contribution < 1.29 is 9.00 Å². The quantitative estimate of drug-likeness (QED) is 0.540. The molecule has 29 heavy (non-hydrogen) atoms. The SMILES string of the molecule is CCN(C(=O)CCN(C)S(=O)c1cn(C)cn1)c1cn(-c2cccnc2)nc1Cl. The number of aryl methyl sites for hydroxylation is 1. The van der Waals surface area contributed by atoms with E-state index in [9.17, 15) is 9.00 Å². The fraction of sp³-hybridized carbons (Fsp3) is 0.333. The summed E-state index contributed by atoms with van der Waals surface area (Å²) in [6, 6.07) is 3.64. The molecule has 0 radical (unpaired) electrons. The van der Waals surface area contributed by atoms with Gasteiger partial charge in [-0.3, -0.25) is 9.78 Å². The van der Waals surface area contributed by atoms with E-state index in [1.807, 2.05) is 20.0 Å². The van der Waals surface area contributed by atoms with Gasteiger partial charge in [-0.15, -0.1) is 0 Å². The molecule has 1 unspecified atom stereocenters. The second-order valence-electron chi connectivity index (χ2n) is 6.33. The standard InChI is InChI=1S/C18H22ClN7O2S/c1-4-25(15-11-26(22-18(15)19)14-6-5-8-20-10-14)17(27)7-9-24(3)29(28)16-12-23(2)13-21-16/h5-6,8,10-13H,4,7,9H2,1-3H3. The topological polar surface area (TPSA) is 89.2 Å². The molecule has 0 N–H and O–H groups in total. The first-order valence-electron chi connectivity index (χ1n) is 8.97. The van der Waals surface area contributed by atoms with Crippen molar-refractivity contribution in [1.82, 2.24) is 28.6 Å². The summed E-state index contributed by atoms with van der Waals surface area (Å²) >= 11 is 6.29. The number of rotatable bonds is 8. The molecule has 1 amide bonds. The van der Waals surface area contributed by atoms with Gasteiger partial charge in [-0.2, -0.15) is 5.10 Å². The minimum atomic E-state index is -1.43. The fourth-order valence-corrected chi connectivity index (χ4v) is 3.94. The van der Waals surface area contributed by atoms with Crippen LogP contribution in [0, 0.1) is 0 Å². The van der Waals surface area contributed by atoms with E-state index in [0.29, 0.717) is 23.8 Å². The van der Waals surface area contributed by atoms with Crippen LogP contribution < -0.4 is 4.90 Å². The molecular weight excluding hydrogens is 414 g/mol. The minimum absolute atomic E-state index is 0.134. The van der Waals surface area contributed by atoms with Crippen LogP contribution in [0.1, 0.15) is 13.3 Å². The zero-order valence-electron chi connectivity index (χ0n) is 16.4. The van der Waals surface area contributed by atoms with Crippen LogP contribution in [0.2, 0.25) is 5.15 Å². The molecule has 0 spiro atoms. The van der Waals surface area contributed by atoms with Gasteiger partial charge < -0.3 is 9.47 Å². The molecular formula is C18H22ClN7O2S. The monoisotopic (exact) mass is 435 g/mol. The zero-order chi connectivity index (χ0) is 21.0. The number of imidazole rings is 1. The molecule has 154 valence electrons. The van der Waals surface area contributed by atoms with E-state index >= 15 is 0 Å². The maximum Gasteiger partial charge on any atom is 0.228 e. The smallest absolute Gasteiger partial charge is 0.228 e. The van der Waals surface area contributed by atoms with Crippen molar-refractivity contribution in [3.05, 3.63) is 48.4 Å². The van der Waals surface area contributed by atoms with E-state index < -0.39 is 11.0 Å². The second-order valence-corrected chi connectivity index (χ2v) is 8.22. The van der Waals surface area contributed by atoms with Crippen molar-refractivity contribution in [3.63, 3.8) is 0 Å². The van der Waals surface area contributed by atoms with Gasteiger partial charge in [0.1, 0.15) is 16.7 Å².